The Morgan fingerprint density at radius 1 is 0.647 bits per heavy atom. The maximum atomic E-state index is 13.2. The summed E-state index contributed by atoms with van der Waals surface area (Å²) in [7, 11) is 0. The summed E-state index contributed by atoms with van der Waals surface area (Å²) in [5, 5.41) is 11.5. The Morgan fingerprint density at radius 3 is 1.56 bits per heavy atom. The van der Waals surface area contributed by atoms with Gasteiger partial charge in [0.05, 0.1) is 29.1 Å². The van der Waals surface area contributed by atoms with Gasteiger partial charge in [-0.25, -0.2) is 0 Å². The topological polar surface area (TPSA) is 107 Å². The van der Waals surface area contributed by atoms with Gasteiger partial charge in [0.25, 0.3) is 11.1 Å². The van der Waals surface area contributed by atoms with E-state index < -0.39 is 5.92 Å². The lowest BCUT2D eigenvalue weighted by molar-refractivity contribution is 0.340. The Kier molecular flexibility index (Phi) is 5.74. The van der Waals surface area contributed by atoms with Gasteiger partial charge in [-0.3, -0.25) is 30.0 Å². The van der Waals surface area contributed by atoms with Crippen molar-refractivity contribution < 1.29 is 4.74 Å². The van der Waals surface area contributed by atoms with E-state index in [-0.39, 0.29) is 11.1 Å². The highest BCUT2D eigenvalue weighted by molar-refractivity contribution is 5.70. The molecule has 170 valence electrons. The molecule has 0 spiro atoms. The number of H-pyrrole nitrogens is 4. The number of aromatic amines is 4. The van der Waals surface area contributed by atoms with Gasteiger partial charge in [-0.1, -0.05) is 72.8 Å². The predicted molar refractivity (Wildman–Crippen MR) is 132 cm³/mol. The van der Waals surface area contributed by atoms with Gasteiger partial charge in [0.2, 0.25) is 0 Å². The summed E-state index contributed by atoms with van der Waals surface area (Å²) in [6, 6.07) is 26.7. The molecule has 7 heteroatoms. The lowest BCUT2D eigenvalue weighted by Gasteiger charge is -2.18. The zero-order valence-electron chi connectivity index (χ0n) is 18.6. The van der Waals surface area contributed by atoms with E-state index in [4.69, 9.17) is 4.74 Å². The van der Waals surface area contributed by atoms with E-state index in [2.05, 4.69) is 20.4 Å². The number of hydrogen-bond donors (Lipinski definition) is 4. The van der Waals surface area contributed by atoms with E-state index in [1.807, 2.05) is 91.9 Å². The summed E-state index contributed by atoms with van der Waals surface area (Å²) < 4.78 is 5.61. The minimum Gasteiger partial charge on any atom is -0.494 e. The van der Waals surface area contributed by atoms with Crippen LogP contribution in [0.15, 0.2) is 94.5 Å². The second kappa shape index (κ2) is 9.15. The standard InChI is InChI=1S/C27H24N4O3/c1-2-34-20-15-13-17(14-16-20)21(22-24(28-30-26(22)32)18-9-5-3-6-10-18)23-25(29-31-27(23)33)19-11-7-4-8-12-19/h3-16,21H,2H2,1H3,(H2,28,30,32)(H2,29,31,33). The van der Waals surface area contributed by atoms with Crippen LogP contribution in [-0.4, -0.2) is 27.0 Å². The molecule has 2 aromatic heterocycles. The van der Waals surface area contributed by atoms with Crippen LogP contribution in [0.2, 0.25) is 0 Å². The lowest BCUT2D eigenvalue weighted by Crippen LogP contribution is -2.20. The molecule has 5 rings (SSSR count). The molecule has 3 aromatic carbocycles. The molecular formula is C27H24N4O3. The quantitative estimate of drug-likeness (QED) is 0.289. The summed E-state index contributed by atoms with van der Waals surface area (Å²) >= 11 is 0. The van der Waals surface area contributed by atoms with E-state index in [1.165, 1.54) is 0 Å². The molecule has 4 N–H and O–H groups in total. The lowest BCUT2D eigenvalue weighted by atomic mass is 9.83. The maximum absolute atomic E-state index is 13.2. The van der Waals surface area contributed by atoms with E-state index in [1.54, 1.807) is 0 Å². The monoisotopic (exact) mass is 452 g/mol. The van der Waals surface area contributed by atoms with Crippen LogP contribution < -0.4 is 15.9 Å². The van der Waals surface area contributed by atoms with Crippen molar-refractivity contribution in [3.63, 3.8) is 0 Å². The minimum atomic E-state index is -0.633. The number of nitrogens with one attached hydrogen (secondary N) is 4. The van der Waals surface area contributed by atoms with E-state index >= 15 is 0 Å². The van der Waals surface area contributed by atoms with Crippen LogP contribution in [0.4, 0.5) is 0 Å². The van der Waals surface area contributed by atoms with Crippen LogP contribution in [0.25, 0.3) is 22.5 Å². The summed E-state index contributed by atoms with van der Waals surface area (Å²) in [5.41, 5.74) is 4.16. The van der Waals surface area contributed by atoms with Gasteiger partial charge in [-0.05, 0) is 35.7 Å². The number of benzene rings is 3. The van der Waals surface area contributed by atoms with Gasteiger partial charge in [0, 0.05) is 5.92 Å². The fraction of sp³-hybridized carbons (Fsp3) is 0.111. The molecule has 7 nitrogen and oxygen atoms in total. The van der Waals surface area contributed by atoms with Crippen molar-refractivity contribution in [1.82, 2.24) is 20.4 Å². The van der Waals surface area contributed by atoms with Crippen molar-refractivity contribution in [2.75, 3.05) is 6.61 Å². The predicted octanol–water partition coefficient (Wildman–Crippen LogP) is 4.63. The van der Waals surface area contributed by atoms with Gasteiger partial charge in [0.15, 0.2) is 0 Å². The SMILES string of the molecule is CCOc1ccc(C(c2c(-c3ccccc3)[nH][nH]c2=O)c2c(-c3ccccc3)[nH][nH]c2=O)cc1. The smallest absolute Gasteiger partial charge is 0.268 e. The molecule has 0 unspecified atom stereocenters. The Hall–Kier alpha value is -4.52. The third-order valence-corrected chi connectivity index (χ3v) is 5.86. The van der Waals surface area contributed by atoms with Gasteiger partial charge < -0.3 is 4.74 Å². The van der Waals surface area contributed by atoms with Crippen molar-refractivity contribution >= 4 is 0 Å². The summed E-state index contributed by atoms with van der Waals surface area (Å²) in [6.45, 7) is 2.47. The molecular weight excluding hydrogens is 428 g/mol. The maximum Gasteiger partial charge on any atom is 0.268 e. The number of rotatable bonds is 7. The first-order valence-corrected chi connectivity index (χ1v) is 11.1. The Bertz CT molecular complexity index is 1400. The number of aromatic nitrogens is 4. The zero-order chi connectivity index (χ0) is 23.5. The van der Waals surface area contributed by atoms with Crippen LogP contribution in [0.1, 0.15) is 29.5 Å². The Labute approximate surface area is 195 Å². The van der Waals surface area contributed by atoms with Crippen molar-refractivity contribution in [3.8, 4) is 28.3 Å². The largest absolute Gasteiger partial charge is 0.494 e. The van der Waals surface area contributed by atoms with Crippen molar-refractivity contribution in [2.24, 2.45) is 0 Å². The average Bonchev–Trinajstić information content (AvgIpc) is 3.45. The number of hydrogen-bond acceptors (Lipinski definition) is 3. The molecule has 0 radical (unpaired) electrons. The van der Waals surface area contributed by atoms with E-state index in [9.17, 15) is 9.59 Å². The van der Waals surface area contributed by atoms with Crippen molar-refractivity contribution in [3.05, 3.63) is 122 Å². The highest BCUT2D eigenvalue weighted by atomic mass is 16.5. The van der Waals surface area contributed by atoms with Gasteiger partial charge in [-0.2, -0.15) is 0 Å². The molecule has 0 aliphatic heterocycles. The molecule has 2 heterocycles. The summed E-state index contributed by atoms with van der Waals surface area (Å²) in [6.07, 6.45) is 0. The zero-order valence-corrected chi connectivity index (χ0v) is 18.6. The molecule has 0 amide bonds. The van der Waals surface area contributed by atoms with Crippen molar-refractivity contribution in [1.29, 1.82) is 0 Å². The van der Waals surface area contributed by atoms with Crippen LogP contribution >= 0.6 is 0 Å². The Morgan fingerprint density at radius 2 is 1.12 bits per heavy atom. The van der Waals surface area contributed by atoms with Crippen LogP contribution in [0.5, 0.6) is 5.75 Å². The summed E-state index contributed by atoms with van der Waals surface area (Å²) in [4.78, 5) is 26.4. The van der Waals surface area contributed by atoms with Crippen LogP contribution in [0.3, 0.4) is 0 Å². The molecule has 0 fully saturated rings. The Balaban J connectivity index is 1.77. The third kappa shape index (κ3) is 3.88. The molecule has 5 aromatic rings. The van der Waals surface area contributed by atoms with E-state index in [0.29, 0.717) is 29.1 Å². The second-order valence-corrected chi connectivity index (χ2v) is 7.90. The highest BCUT2D eigenvalue weighted by Gasteiger charge is 2.31. The molecule has 0 aliphatic rings. The normalized spacial score (nSPS) is 11.1. The molecule has 0 atom stereocenters. The fourth-order valence-corrected chi connectivity index (χ4v) is 4.35. The molecule has 34 heavy (non-hydrogen) atoms. The fourth-order valence-electron chi connectivity index (χ4n) is 4.35. The van der Waals surface area contributed by atoms with Gasteiger partial charge in [0.1, 0.15) is 5.75 Å². The molecule has 0 bridgehead atoms. The molecule has 0 saturated heterocycles. The molecule has 0 aliphatic carbocycles. The minimum absolute atomic E-state index is 0.280. The van der Waals surface area contributed by atoms with Crippen molar-refractivity contribution in [2.45, 2.75) is 12.8 Å². The summed E-state index contributed by atoms with van der Waals surface area (Å²) in [5.74, 6) is 0.0913. The van der Waals surface area contributed by atoms with Crippen LogP contribution in [-0.2, 0) is 0 Å². The van der Waals surface area contributed by atoms with E-state index in [0.717, 1.165) is 22.4 Å². The van der Waals surface area contributed by atoms with Crippen LogP contribution in [0, 0.1) is 0 Å². The van der Waals surface area contributed by atoms with Gasteiger partial charge in [-0.15, -0.1) is 0 Å². The first-order valence-electron chi connectivity index (χ1n) is 11.1. The first-order chi connectivity index (χ1) is 16.7. The number of ether oxygens (including phenoxy) is 1. The third-order valence-electron chi connectivity index (χ3n) is 5.86. The second-order valence-electron chi connectivity index (χ2n) is 7.90. The highest BCUT2D eigenvalue weighted by Crippen LogP contribution is 2.37. The average molecular weight is 453 g/mol. The molecule has 0 saturated carbocycles. The first kappa shape index (κ1) is 21.3. The van der Waals surface area contributed by atoms with Gasteiger partial charge >= 0.3 is 0 Å².